The van der Waals surface area contributed by atoms with Gasteiger partial charge in [-0.1, -0.05) is 51.1 Å². The average molecular weight is 358 g/mol. The highest BCUT2D eigenvalue weighted by molar-refractivity contribution is 5.88. The van der Waals surface area contributed by atoms with Crippen LogP contribution in [0, 0.1) is 0 Å². The molecule has 26 heavy (non-hydrogen) atoms. The summed E-state index contributed by atoms with van der Waals surface area (Å²) in [4.78, 5) is 12.5. The molecule has 0 aliphatic rings. The Bertz CT molecular complexity index is 739. The van der Waals surface area contributed by atoms with Gasteiger partial charge >= 0.3 is 6.03 Å². The van der Waals surface area contributed by atoms with E-state index in [4.69, 9.17) is 0 Å². The lowest BCUT2D eigenvalue weighted by atomic mass is 9.92. The fraction of sp³-hybridized carbons (Fsp3) is 0.500. The van der Waals surface area contributed by atoms with E-state index < -0.39 is 6.04 Å². The van der Waals surface area contributed by atoms with Gasteiger partial charge in [-0.2, -0.15) is 5.10 Å². The van der Waals surface area contributed by atoms with E-state index >= 15 is 0 Å². The van der Waals surface area contributed by atoms with Crippen molar-refractivity contribution in [2.24, 2.45) is 0 Å². The predicted molar refractivity (Wildman–Crippen MR) is 104 cm³/mol. The van der Waals surface area contributed by atoms with Crippen LogP contribution in [0.2, 0.25) is 0 Å². The zero-order chi connectivity index (χ0) is 19.5. The minimum Gasteiger partial charge on any atom is -0.394 e. The third-order valence-corrected chi connectivity index (χ3v) is 4.04. The van der Waals surface area contributed by atoms with Crippen molar-refractivity contribution in [1.29, 1.82) is 0 Å². The van der Waals surface area contributed by atoms with E-state index in [0.717, 1.165) is 11.3 Å². The van der Waals surface area contributed by atoms with E-state index in [9.17, 15) is 9.90 Å². The van der Waals surface area contributed by atoms with Crippen LogP contribution < -0.4 is 10.6 Å². The van der Waals surface area contributed by atoms with E-state index in [1.54, 1.807) is 0 Å². The second kappa shape index (κ2) is 7.50. The molecule has 0 spiro atoms. The van der Waals surface area contributed by atoms with Crippen molar-refractivity contribution in [3.63, 3.8) is 0 Å². The van der Waals surface area contributed by atoms with Crippen molar-refractivity contribution < 1.29 is 9.90 Å². The van der Waals surface area contributed by atoms with Crippen LogP contribution in [0.1, 0.15) is 58.8 Å². The minimum atomic E-state index is -0.468. The second-order valence-electron chi connectivity index (χ2n) is 8.49. The number of urea groups is 1. The molecule has 0 aliphatic carbocycles. The van der Waals surface area contributed by atoms with Gasteiger partial charge in [0, 0.05) is 11.5 Å². The van der Waals surface area contributed by atoms with Gasteiger partial charge in [-0.3, -0.25) is 5.32 Å². The lowest BCUT2D eigenvalue weighted by Crippen LogP contribution is -2.36. The number of anilines is 1. The molecule has 0 saturated carbocycles. The smallest absolute Gasteiger partial charge is 0.320 e. The van der Waals surface area contributed by atoms with Gasteiger partial charge in [0.1, 0.15) is 5.82 Å². The molecular formula is C20H30N4O2. The Morgan fingerprint density at radius 2 is 1.77 bits per heavy atom. The molecule has 0 aliphatic heterocycles. The summed E-state index contributed by atoms with van der Waals surface area (Å²) in [6.07, 6.45) is 0. The molecule has 0 radical (unpaired) electrons. The Hall–Kier alpha value is -2.34. The number of carbonyl (C=O) groups is 1. The maximum Gasteiger partial charge on any atom is 0.320 e. The first-order valence-electron chi connectivity index (χ1n) is 8.86. The van der Waals surface area contributed by atoms with Crippen LogP contribution in [-0.4, -0.2) is 27.5 Å². The quantitative estimate of drug-likeness (QED) is 0.778. The number of benzene rings is 1. The third-order valence-electron chi connectivity index (χ3n) is 4.04. The molecule has 1 atom stereocenters. The zero-order valence-corrected chi connectivity index (χ0v) is 16.5. The number of nitrogens with zero attached hydrogens (tertiary/aromatic N) is 2. The Morgan fingerprint density at radius 1 is 1.15 bits per heavy atom. The van der Waals surface area contributed by atoms with Crippen molar-refractivity contribution in [2.75, 3.05) is 11.9 Å². The molecule has 142 valence electrons. The molecule has 1 aromatic heterocycles. The summed E-state index contributed by atoms with van der Waals surface area (Å²) in [6.45, 7) is 12.2. The number of carbonyl (C=O) groups excluding carboxylic acids is 1. The van der Waals surface area contributed by atoms with Crippen LogP contribution in [0.25, 0.3) is 0 Å². The molecular weight excluding hydrogens is 328 g/mol. The molecule has 2 rings (SSSR count). The molecule has 3 N–H and O–H groups in total. The van der Waals surface area contributed by atoms with Gasteiger partial charge in [0.15, 0.2) is 0 Å². The van der Waals surface area contributed by atoms with E-state index in [2.05, 4.69) is 36.5 Å². The summed E-state index contributed by atoms with van der Waals surface area (Å²) < 4.78 is 1.82. The normalized spacial score (nSPS) is 13.3. The first-order valence-corrected chi connectivity index (χ1v) is 8.86. The van der Waals surface area contributed by atoms with E-state index in [-0.39, 0.29) is 23.6 Å². The summed E-state index contributed by atoms with van der Waals surface area (Å²) in [5, 5.41) is 20.0. The van der Waals surface area contributed by atoms with Crippen LogP contribution in [0.4, 0.5) is 10.6 Å². The first kappa shape index (κ1) is 20.0. The summed E-state index contributed by atoms with van der Waals surface area (Å²) >= 11 is 0. The summed E-state index contributed by atoms with van der Waals surface area (Å²) in [6, 6.07) is 10.5. The third kappa shape index (κ3) is 4.85. The topological polar surface area (TPSA) is 79.2 Å². The lowest BCUT2D eigenvalue weighted by molar-refractivity contribution is 0.225. The van der Waals surface area contributed by atoms with Gasteiger partial charge in [0.2, 0.25) is 0 Å². The second-order valence-corrected chi connectivity index (χ2v) is 8.49. The van der Waals surface area contributed by atoms with Crippen molar-refractivity contribution in [1.82, 2.24) is 15.1 Å². The van der Waals surface area contributed by atoms with Crippen molar-refractivity contribution >= 4 is 11.8 Å². The highest BCUT2D eigenvalue weighted by Gasteiger charge is 2.26. The van der Waals surface area contributed by atoms with Gasteiger partial charge < -0.3 is 10.4 Å². The Kier molecular flexibility index (Phi) is 5.76. The maximum atomic E-state index is 12.5. The van der Waals surface area contributed by atoms with Crippen LogP contribution in [0.5, 0.6) is 0 Å². The summed E-state index contributed by atoms with van der Waals surface area (Å²) in [5.41, 5.74) is 1.36. The first-order chi connectivity index (χ1) is 12.0. The maximum absolute atomic E-state index is 12.5. The summed E-state index contributed by atoms with van der Waals surface area (Å²) in [7, 11) is 0. The van der Waals surface area contributed by atoms with Gasteiger partial charge in [-0.25, -0.2) is 9.48 Å². The van der Waals surface area contributed by atoms with Gasteiger partial charge in [-0.05, 0) is 26.3 Å². The van der Waals surface area contributed by atoms with Crippen LogP contribution >= 0.6 is 0 Å². The highest BCUT2D eigenvalue weighted by Crippen LogP contribution is 2.28. The highest BCUT2D eigenvalue weighted by atomic mass is 16.3. The van der Waals surface area contributed by atoms with Crippen LogP contribution in [0.15, 0.2) is 36.4 Å². The molecule has 1 aromatic carbocycles. The fourth-order valence-corrected chi connectivity index (χ4v) is 2.58. The largest absolute Gasteiger partial charge is 0.394 e. The van der Waals surface area contributed by atoms with Gasteiger partial charge in [0.05, 0.1) is 23.9 Å². The Morgan fingerprint density at radius 3 is 2.27 bits per heavy atom. The molecule has 6 heteroatoms. The van der Waals surface area contributed by atoms with E-state index in [1.165, 1.54) is 0 Å². The molecule has 0 unspecified atom stereocenters. The zero-order valence-electron chi connectivity index (χ0n) is 16.5. The number of aromatic nitrogens is 2. The molecule has 0 fully saturated rings. The molecule has 6 nitrogen and oxygen atoms in total. The van der Waals surface area contributed by atoms with Gasteiger partial charge in [-0.15, -0.1) is 0 Å². The lowest BCUT2D eigenvalue weighted by Gasteiger charge is -2.23. The number of aliphatic hydroxyl groups is 1. The Labute approximate surface area is 155 Å². The average Bonchev–Trinajstić information content (AvgIpc) is 2.97. The van der Waals surface area contributed by atoms with Crippen LogP contribution in [0.3, 0.4) is 0 Å². The monoisotopic (exact) mass is 358 g/mol. The number of aliphatic hydroxyl groups excluding tert-OH is 1. The van der Waals surface area contributed by atoms with Crippen LogP contribution in [-0.2, 0) is 11.0 Å². The summed E-state index contributed by atoms with van der Waals surface area (Å²) in [5.74, 6) is 0.629. The number of rotatable bonds is 4. The molecule has 2 amide bonds. The number of hydrogen-bond acceptors (Lipinski definition) is 3. The fourth-order valence-electron chi connectivity index (χ4n) is 2.58. The molecule has 0 saturated heterocycles. The SMILES string of the molecule is CC(C)(C)c1cc(NC(=O)N[C@H](CO)c2ccccc2)n(C(C)(C)C)n1. The minimum absolute atomic E-state index is 0.124. The standard InChI is InChI=1S/C20H30N4O2/c1-19(2,3)16-12-17(24(23-16)20(4,5)6)22-18(26)21-15(13-25)14-10-8-7-9-11-14/h7-12,15,25H,13H2,1-6H3,(H2,21,22,26)/t15-/m1/s1. The van der Waals surface area contributed by atoms with E-state index in [0.29, 0.717) is 5.82 Å². The predicted octanol–water partition coefficient (Wildman–Crippen LogP) is 3.79. The molecule has 2 aromatic rings. The number of amides is 2. The van der Waals surface area contributed by atoms with Crippen molar-refractivity contribution in [2.45, 2.75) is 58.5 Å². The van der Waals surface area contributed by atoms with Crippen molar-refractivity contribution in [3.05, 3.63) is 47.7 Å². The van der Waals surface area contributed by atoms with Crippen molar-refractivity contribution in [3.8, 4) is 0 Å². The number of nitrogens with one attached hydrogen (secondary N) is 2. The van der Waals surface area contributed by atoms with E-state index in [1.807, 2.05) is 61.9 Å². The number of hydrogen-bond donors (Lipinski definition) is 3. The van der Waals surface area contributed by atoms with Gasteiger partial charge in [0.25, 0.3) is 0 Å². The molecule has 0 bridgehead atoms. The molecule has 1 heterocycles. The Balaban J connectivity index is 2.21.